The first-order valence-electron chi connectivity index (χ1n) is 16.3. The van der Waals surface area contributed by atoms with E-state index in [9.17, 15) is 0 Å². The van der Waals surface area contributed by atoms with Gasteiger partial charge in [-0.15, -0.1) is 0 Å². The second kappa shape index (κ2) is 10.5. The highest BCUT2D eigenvalue weighted by atomic mass is 31.1. The van der Waals surface area contributed by atoms with Crippen molar-refractivity contribution < 1.29 is 8.39 Å². The Morgan fingerprint density at radius 1 is 0.444 bits per heavy atom. The van der Waals surface area contributed by atoms with E-state index in [2.05, 4.69) is 162 Å². The summed E-state index contributed by atoms with van der Waals surface area (Å²) >= 11 is 0. The van der Waals surface area contributed by atoms with Crippen LogP contribution in [0.25, 0.3) is 48.8 Å². The van der Waals surface area contributed by atoms with Gasteiger partial charge in [-0.2, -0.15) is 0 Å². The predicted octanol–water partition coefficient (Wildman–Crippen LogP) is 13.8. The molecule has 0 unspecified atom stereocenters. The van der Waals surface area contributed by atoms with Crippen LogP contribution in [0, 0.1) is 0 Å². The maximum atomic E-state index is 7.23. The molecule has 0 spiro atoms. The SMILES string of the molecule is CC(C)(C)c1ccc2c(c1)cc(C(C)(C)C)c1op(-c3ccccc3)oc3c(C(C)(C)C)cc4cc(C(C)(C)C)ccc4c3c12. The average molecular weight is 617 g/mol. The highest BCUT2D eigenvalue weighted by Crippen LogP contribution is 2.50. The molecule has 0 aliphatic carbocycles. The van der Waals surface area contributed by atoms with Crippen LogP contribution in [0.5, 0.6) is 0 Å². The molecule has 2 nitrogen and oxygen atoms in total. The lowest BCUT2D eigenvalue weighted by Crippen LogP contribution is -2.13. The molecule has 6 rings (SSSR count). The molecule has 0 saturated heterocycles. The molecule has 3 heteroatoms. The van der Waals surface area contributed by atoms with Crippen molar-refractivity contribution in [1.29, 1.82) is 0 Å². The summed E-state index contributed by atoms with van der Waals surface area (Å²) in [5.41, 5.74) is 6.72. The fraction of sp³-hybridized carbons (Fsp3) is 0.381. The van der Waals surface area contributed by atoms with Gasteiger partial charge in [-0.05, 0) is 78.6 Å². The maximum Gasteiger partial charge on any atom is 0.252 e. The van der Waals surface area contributed by atoms with E-state index in [1.807, 2.05) is 0 Å². The van der Waals surface area contributed by atoms with E-state index in [1.54, 1.807) is 0 Å². The molecule has 0 amide bonds. The van der Waals surface area contributed by atoms with Crippen LogP contribution in [-0.4, -0.2) is 0 Å². The standard InChI is InChI=1S/C42H49O2P/c1-39(2,3)28-18-20-31-26(22-28)24-33(41(7,8)9)37-35(31)36-32-21-19-29(40(4,5)6)23-27(32)25-34(42(10,11)12)38(36)44-45(43-37)30-16-14-13-15-17-30/h13-25H,1-12H3. The Hall–Kier alpha value is -3.48. The number of hydrogen-bond donors (Lipinski definition) is 0. The summed E-state index contributed by atoms with van der Waals surface area (Å²) in [4.78, 5) is 0. The Morgan fingerprint density at radius 2 is 0.844 bits per heavy atom. The molecule has 0 radical (unpaired) electrons. The minimum Gasteiger partial charge on any atom is -0.415 e. The van der Waals surface area contributed by atoms with Crippen LogP contribution in [0.2, 0.25) is 0 Å². The van der Waals surface area contributed by atoms with E-state index in [-0.39, 0.29) is 21.7 Å². The van der Waals surface area contributed by atoms with E-state index in [0.29, 0.717) is 0 Å². The van der Waals surface area contributed by atoms with Gasteiger partial charge in [-0.25, -0.2) is 0 Å². The van der Waals surface area contributed by atoms with Gasteiger partial charge in [0.2, 0.25) is 0 Å². The van der Waals surface area contributed by atoms with Crippen molar-refractivity contribution >= 4 is 51.5 Å². The molecule has 45 heavy (non-hydrogen) atoms. The minimum atomic E-state index is -1.45. The van der Waals surface area contributed by atoms with E-state index >= 15 is 0 Å². The van der Waals surface area contributed by atoms with Gasteiger partial charge in [0.05, 0.1) is 5.30 Å². The summed E-state index contributed by atoms with van der Waals surface area (Å²) in [6.07, 6.45) is 0. The summed E-state index contributed by atoms with van der Waals surface area (Å²) in [5, 5.41) is 8.25. The molecule has 0 aliphatic heterocycles. The lowest BCUT2D eigenvalue weighted by Gasteiger charge is -2.24. The zero-order valence-corrected chi connectivity index (χ0v) is 30.2. The fourth-order valence-electron chi connectivity index (χ4n) is 6.35. The molecular formula is C42H49O2P. The van der Waals surface area contributed by atoms with Crippen molar-refractivity contribution in [3.63, 3.8) is 0 Å². The lowest BCUT2D eigenvalue weighted by atomic mass is 9.79. The van der Waals surface area contributed by atoms with Gasteiger partial charge >= 0.3 is 0 Å². The van der Waals surface area contributed by atoms with E-state index in [4.69, 9.17) is 8.39 Å². The summed E-state index contributed by atoms with van der Waals surface area (Å²) in [6.45, 7) is 27.5. The van der Waals surface area contributed by atoms with Crippen LogP contribution in [0.15, 0.2) is 87.3 Å². The Labute approximate surface area is 270 Å². The largest absolute Gasteiger partial charge is 0.415 e. The Kier molecular flexibility index (Phi) is 7.37. The number of benzene rings is 5. The summed E-state index contributed by atoms with van der Waals surface area (Å²) in [7, 11) is -1.45. The first-order chi connectivity index (χ1) is 20.8. The van der Waals surface area contributed by atoms with E-state index in [0.717, 1.165) is 27.2 Å². The zero-order valence-electron chi connectivity index (χ0n) is 29.3. The zero-order chi connectivity index (χ0) is 32.7. The van der Waals surface area contributed by atoms with Crippen LogP contribution in [0.1, 0.15) is 105 Å². The lowest BCUT2D eigenvalue weighted by molar-refractivity contribution is 0.569. The molecule has 6 aromatic rings. The number of rotatable bonds is 1. The molecule has 1 aromatic heterocycles. The molecule has 5 aromatic carbocycles. The molecule has 0 aliphatic rings. The van der Waals surface area contributed by atoms with E-state index < -0.39 is 8.01 Å². The van der Waals surface area contributed by atoms with E-state index in [1.165, 1.54) is 43.8 Å². The third kappa shape index (κ3) is 5.72. The molecule has 0 saturated carbocycles. The van der Waals surface area contributed by atoms with Crippen LogP contribution >= 0.6 is 8.01 Å². The van der Waals surface area contributed by atoms with Crippen LogP contribution in [0.4, 0.5) is 0 Å². The second-order valence-corrected chi connectivity index (χ2v) is 18.3. The van der Waals surface area contributed by atoms with Crippen molar-refractivity contribution in [2.24, 2.45) is 0 Å². The highest BCUT2D eigenvalue weighted by molar-refractivity contribution is 7.45. The summed E-state index contributed by atoms with van der Waals surface area (Å²) < 4.78 is 14.5. The van der Waals surface area contributed by atoms with Crippen molar-refractivity contribution in [3.05, 3.63) is 101 Å². The first-order valence-corrected chi connectivity index (χ1v) is 17.5. The van der Waals surface area contributed by atoms with Gasteiger partial charge in [-0.3, -0.25) is 0 Å². The topological polar surface area (TPSA) is 26.3 Å². The monoisotopic (exact) mass is 616 g/mol. The Bertz CT molecular complexity index is 1990. The molecular weight excluding hydrogens is 567 g/mol. The second-order valence-electron chi connectivity index (χ2n) is 16.9. The summed E-state index contributed by atoms with van der Waals surface area (Å²) in [5.74, 6) is 0. The first kappa shape index (κ1) is 31.5. The van der Waals surface area contributed by atoms with Gasteiger partial charge in [0.1, 0.15) is 11.2 Å². The van der Waals surface area contributed by atoms with Gasteiger partial charge in [-0.1, -0.05) is 138 Å². The Balaban J connectivity index is 2.00. The van der Waals surface area contributed by atoms with Gasteiger partial charge in [0, 0.05) is 21.9 Å². The van der Waals surface area contributed by atoms with Crippen LogP contribution in [0.3, 0.4) is 0 Å². The predicted molar refractivity (Wildman–Crippen MR) is 197 cm³/mol. The minimum absolute atomic E-state index is 0.0392. The van der Waals surface area contributed by atoms with Gasteiger partial charge in [0.15, 0.2) is 0 Å². The quantitative estimate of drug-likeness (QED) is 0.184. The molecule has 0 N–H and O–H groups in total. The molecule has 1 heterocycles. The molecule has 234 valence electrons. The number of hydrogen-bond acceptors (Lipinski definition) is 2. The third-order valence-corrected chi connectivity index (χ3v) is 10.5. The number of fused-ring (bicyclic) bond motifs is 7. The van der Waals surface area contributed by atoms with Gasteiger partial charge in [0.25, 0.3) is 8.01 Å². The molecule has 0 fully saturated rings. The summed E-state index contributed by atoms with van der Waals surface area (Å²) in [6, 6.07) is 29.3. The van der Waals surface area contributed by atoms with Crippen molar-refractivity contribution in [2.45, 2.75) is 105 Å². The smallest absolute Gasteiger partial charge is 0.252 e. The van der Waals surface area contributed by atoms with Crippen LogP contribution in [-0.2, 0) is 21.7 Å². The van der Waals surface area contributed by atoms with Crippen molar-refractivity contribution in [2.75, 3.05) is 0 Å². The molecule has 0 atom stereocenters. The third-order valence-electron chi connectivity index (χ3n) is 9.10. The highest BCUT2D eigenvalue weighted by Gasteiger charge is 2.28. The van der Waals surface area contributed by atoms with Crippen molar-refractivity contribution in [3.8, 4) is 5.30 Å². The Morgan fingerprint density at radius 3 is 1.20 bits per heavy atom. The fourth-order valence-corrected chi connectivity index (χ4v) is 7.72. The van der Waals surface area contributed by atoms with Crippen molar-refractivity contribution in [1.82, 2.24) is 0 Å². The molecule has 0 bridgehead atoms. The van der Waals surface area contributed by atoms with Gasteiger partial charge < -0.3 is 8.39 Å². The maximum absolute atomic E-state index is 7.23. The van der Waals surface area contributed by atoms with Crippen LogP contribution < -0.4 is 0 Å². The average Bonchev–Trinajstić information content (AvgIpc) is 3.12. The normalized spacial score (nSPS) is 13.3.